The minimum absolute atomic E-state index is 0.0496. The van der Waals surface area contributed by atoms with E-state index in [1.165, 1.54) is 6.20 Å². The summed E-state index contributed by atoms with van der Waals surface area (Å²) in [4.78, 5) is 69.4. The topological polar surface area (TPSA) is 289 Å². The maximum Gasteiger partial charge on any atom is 0.410 e. The number of hydrogen-bond acceptors (Lipinski definition) is 21. The summed E-state index contributed by atoms with van der Waals surface area (Å²) in [5, 5.41) is 34.3. The van der Waals surface area contributed by atoms with Crippen molar-refractivity contribution in [3.05, 3.63) is 106 Å². The van der Waals surface area contributed by atoms with E-state index in [9.17, 15) is 27.6 Å². The van der Waals surface area contributed by atoms with Crippen molar-refractivity contribution in [2.45, 2.75) is 137 Å². The van der Waals surface area contributed by atoms with E-state index >= 15 is 0 Å². The monoisotopic (exact) mass is 1380 g/mol. The Morgan fingerprint density at radius 3 is 1.34 bits per heavy atom. The van der Waals surface area contributed by atoms with E-state index in [4.69, 9.17) is 55.9 Å². The van der Waals surface area contributed by atoms with Crippen LogP contribution in [0.25, 0.3) is 33.8 Å². The van der Waals surface area contributed by atoms with Crippen molar-refractivity contribution < 1.29 is 37.1 Å². The number of alkyl halides is 1. The number of aromatic nitrogens is 9. The Morgan fingerprint density at radius 1 is 0.570 bits per heavy atom. The number of carbonyl (C=O) groups is 4. The third-order valence-corrected chi connectivity index (χ3v) is 15.1. The molecule has 0 unspecified atom stereocenters. The van der Waals surface area contributed by atoms with Gasteiger partial charge in [-0.15, -0.1) is 26.9 Å². The number of amides is 4. The molecule has 3 aliphatic rings. The first kappa shape index (κ1) is 76.5. The summed E-state index contributed by atoms with van der Waals surface area (Å²) in [7, 11) is -3.45. The molecule has 30 heteroatoms. The number of rotatable bonds is 11. The van der Waals surface area contributed by atoms with Gasteiger partial charge in [0.1, 0.15) is 17.1 Å². The SMILES string of the molecule is CC(C)NC(=O)CCl.CC(C)NC(=O)CN1CCN(c2nncc(-c3ccc(Cl)cc3)n2)[C@H](C)C1.CS(=O)(=O)c1nncc(-c2ccc(Cl)cc2)n1.C[C@@H]1CN(C(=O)OC(C)(C)C)CCN1.C[C@@H]1CN(C(=O)OC(C)(C)C)CCN1c1nncc(-c2ccc(Cl)cc2)n1. The number of hydrogen-bond donors (Lipinski definition) is 3. The van der Waals surface area contributed by atoms with Crippen LogP contribution >= 0.6 is 46.4 Å². The molecule has 3 saturated heterocycles. The van der Waals surface area contributed by atoms with Crippen LogP contribution in [-0.2, 0) is 28.9 Å². The van der Waals surface area contributed by atoms with Crippen molar-refractivity contribution in [1.82, 2.24) is 76.2 Å². The molecular formula is C63H87Cl4N17O8S. The van der Waals surface area contributed by atoms with Gasteiger partial charge in [-0.25, -0.2) is 33.0 Å². The van der Waals surface area contributed by atoms with E-state index in [-0.39, 0.29) is 59.2 Å². The summed E-state index contributed by atoms with van der Waals surface area (Å²) in [6.45, 7) is 32.0. The molecule has 3 aliphatic heterocycles. The summed E-state index contributed by atoms with van der Waals surface area (Å²) in [6, 6.07) is 22.8. The minimum Gasteiger partial charge on any atom is -0.444 e. The summed E-state index contributed by atoms with van der Waals surface area (Å²) in [5.74, 6) is 1.17. The van der Waals surface area contributed by atoms with E-state index in [2.05, 4.69) is 90.0 Å². The summed E-state index contributed by atoms with van der Waals surface area (Å²) < 4.78 is 33.3. The van der Waals surface area contributed by atoms with Crippen LogP contribution in [0.2, 0.25) is 15.1 Å². The van der Waals surface area contributed by atoms with Gasteiger partial charge in [0.25, 0.3) is 5.16 Å². The van der Waals surface area contributed by atoms with Crippen LogP contribution < -0.4 is 25.8 Å². The van der Waals surface area contributed by atoms with Crippen molar-refractivity contribution in [1.29, 1.82) is 0 Å². The van der Waals surface area contributed by atoms with Crippen LogP contribution in [0.5, 0.6) is 0 Å². The Bertz CT molecular complexity index is 3480. The highest BCUT2D eigenvalue weighted by Gasteiger charge is 2.32. The lowest BCUT2D eigenvalue weighted by Crippen LogP contribution is -2.55. The molecular weight excluding hydrogens is 1300 g/mol. The zero-order chi connectivity index (χ0) is 68.8. The average molecular weight is 1380 g/mol. The Hall–Kier alpha value is -7.20. The number of ether oxygens (including phenoxy) is 2. The fraction of sp³-hybridized carbons (Fsp3) is 0.508. The highest BCUT2D eigenvalue weighted by Crippen LogP contribution is 2.26. The van der Waals surface area contributed by atoms with E-state index in [1.54, 1.807) is 46.5 Å². The van der Waals surface area contributed by atoms with Crippen LogP contribution in [0.3, 0.4) is 0 Å². The molecule has 4 amide bonds. The van der Waals surface area contributed by atoms with Gasteiger partial charge in [0.05, 0.1) is 42.2 Å². The molecule has 3 fully saturated rings. The lowest BCUT2D eigenvalue weighted by molar-refractivity contribution is -0.123. The zero-order valence-electron chi connectivity index (χ0n) is 55.3. The molecule has 3 N–H and O–H groups in total. The number of nitrogens with one attached hydrogen (secondary N) is 3. The first-order valence-corrected chi connectivity index (χ1v) is 33.9. The molecule has 93 heavy (non-hydrogen) atoms. The molecule has 0 saturated carbocycles. The first-order chi connectivity index (χ1) is 43.7. The molecule has 0 spiro atoms. The van der Waals surface area contributed by atoms with Crippen molar-refractivity contribution >= 4 is 92.1 Å². The van der Waals surface area contributed by atoms with Gasteiger partial charge in [0.15, 0.2) is 0 Å². The Balaban J connectivity index is 0.000000222. The second kappa shape index (κ2) is 35.9. The van der Waals surface area contributed by atoms with Gasteiger partial charge in [-0.3, -0.25) is 14.5 Å². The molecule has 0 radical (unpaired) electrons. The van der Waals surface area contributed by atoms with Crippen LogP contribution in [0, 0.1) is 0 Å². The van der Waals surface area contributed by atoms with Crippen molar-refractivity contribution in [2.75, 3.05) is 87.4 Å². The van der Waals surface area contributed by atoms with E-state index in [0.717, 1.165) is 73.6 Å². The largest absolute Gasteiger partial charge is 0.444 e. The van der Waals surface area contributed by atoms with Crippen molar-refractivity contribution in [3.8, 4) is 33.8 Å². The van der Waals surface area contributed by atoms with Gasteiger partial charge in [0, 0.05) is 127 Å². The molecule has 3 aromatic heterocycles. The normalized spacial score (nSPS) is 16.8. The number of halogens is 4. The highest BCUT2D eigenvalue weighted by molar-refractivity contribution is 7.90. The number of nitrogens with zero attached hydrogens (tertiary/aromatic N) is 14. The van der Waals surface area contributed by atoms with Crippen molar-refractivity contribution in [3.63, 3.8) is 0 Å². The predicted molar refractivity (Wildman–Crippen MR) is 364 cm³/mol. The second-order valence-corrected chi connectivity index (χ2v) is 28.3. The van der Waals surface area contributed by atoms with Gasteiger partial charge < -0.3 is 45.0 Å². The smallest absolute Gasteiger partial charge is 0.410 e. The van der Waals surface area contributed by atoms with Gasteiger partial charge >= 0.3 is 12.2 Å². The molecule has 6 heterocycles. The average Bonchev–Trinajstić information content (AvgIpc) is 0.904. The molecule has 9 rings (SSSR count). The standard InChI is InChI=1S/C19H25ClN6O.C19H24ClN5O2.C10H8ClN3O2S.C10H20N2O2.C5H10ClNO/c1-13(2)22-18(27)12-25-8-9-26(14(3)11-25)19-23-17(10-21-24-19)15-4-6-16(20)7-5-15;1-13-12-24(18(26)27-19(2,3)4)9-10-25(13)17-22-16(11-21-23-17)14-5-7-15(20)8-6-14;1-17(15,16)10-13-9(6-12-14-10)7-2-4-8(11)5-3-7;1-8-7-12(6-5-11-8)9(13)14-10(2,3)4;1-4(2)7-5(8)3-6/h4-7,10,13-14H,8-9,11-12H2,1-3H3,(H,22,27);5-8,11,13H,9-10,12H2,1-4H3;2-6H,1H3;8,11H,5-7H2,1-4H3;4H,3H2,1-2H3,(H,7,8)/t14-;13-;;8-;/m11.1./s1. The lowest BCUT2D eigenvalue weighted by Gasteiger charge is -2.39. The van der Waals surface area contributed by atoms with Crippen LogP contribution in [0.1, 0.15) is 90.0 Å². The molecule has 0 aliphatic carbocycles. The third kappa shape index (κ3) is 27.0. The number of carbonyl (C=O) groups excluding carboxylic acids is 4. The highest BCUT2D eigenvalue weighted by atomic mass is 35.5. The Labute approximate surface area is 566 Å². The molecule has 3 aromatic carbocycles. The van der Waals surface area contributed by atoms with Crippen molar-refractivity contribution in [2.24, 2.45) is 0 Å². The third-order valence-electron chi connectivity index (χ3n) is 13.3. The fourth-order valence-electron chi connectivity index (χ4n) is 9.13. The summed E-state index contributed by atoms with van der Waals surface area (Å²) in [5.41, 5.74) is 3.65. The summed E-state index contributed by atoms with van der Waals surface area (Å²) >= 11 is 22.9. The number of piperazine rings is 3. The second-order valence-electron chi connectivity index (χ2n) is 24.8. The molecule has 3 atom stereocenters. The molecule has 6 aromatic rings. The van der Waals surface area contributed by atoms with Gasteiger partial charge in [0.2, 0.25) is 33.5 Å². The molecule has 0 bridgehead atoms. The van der Waals surface area contributed by atoms with E-state index in [0.29, 0.717) is 64.9 Å². The number of benzene rings is 3. The maximum atomic E-state index is 12.3. The summed E-state index contributed by atoms with van der Waals surface area (Å²) in [6.07, 6.45) is 5.24. The number of sulfone groups is 1. The van der Waals surface area contributed by atoms with Crippen LogP contribution in [-0.4, -0.2) is 212 Å². The van der Waals surface area contributed by atoms with E-state index < -0.39 is 21.0 Å². The molecule has 506 valence electrons. The molecule has 25 nitrogen and oxygen atoms in total. The van der Waals surface area contributed by atoms with Crippen LogP contribution in [0.4, 0.5) is 21.5 Å². The predicted octanol–water partition coefficient (Wildman–Crippen LogP) is 9.43. The number of anilines is 2. The lowest BCUT2D eigenvalue weighted by atomic mass is 10.1. The fourth-order valence-corrected chi connectivity index (χ4v) is 10.0. The van der Waals surface area contributed by atoms with Crippen LogP contribution in [0.15, 0.2) is 96.5 Å². The van der Waals surface area contributed by atoms with Gasteiger partial charge in [-0.1, -0.05) is 71.2 Å². The Kier molecular flexibility index (Phi) is 29.5. The zero-order valence-corrected chi connectivity index (χ0v) is 59.1. The van der Waals surface area contributed by atoms with Gasteiger partial charge in [-0.05, 0) is 126 Å². The van der Waals surface area contributed by atoms with E-state index in [1.807, 2.05) is 125 Å². The maximum absolute atomic E-state index is 12.3. The quantitative estimate of drug-likeness (QED) is 0.102. The first-order valence-electron chi connectivity index (χ1n) is 30.3. The minimum atomic E-state index is -3.45. The Morgan fingerprint density at radius 2 is 0.968 bits per heavy atom. The van der Waals surface area contributed by atoms with Gasteiger partial charge in [-0.2, -0.15) is 15.3 Å².